The topological polar surface area (TPSA) is 80.3 Å². The summed E-state index contributed by atoms with van der Waals surface area (Å²) in [6.07, 6.45) is 7.75. The van der Waals surface area contributed by atoms with E-state index >= 15 is 0 Å². The van der Waals surface area contributed by atoms with E-state index < -0.39 is 0 Å². The van der Waals surface area contributed by atoms with Gasteiger partial charge < -0.3 is 9.42 Å². The van der Waals surface area contributed by atoms with Gasteiger partial charge in [0.25, 0.3) is 5.56 Å². The van der Waals surface area contributed by atoms with Crippen LogP contribution in [-0.2, 0) is 0 Å². The number of benzene rings is 1. The molecule has 2 aliphatic rings. The Hall–Kier alpha value is -2.74. The molecule has 1 unspecified atom stereocenters. The average molecular weight is 394 g/mol. The molecule has 0 spiro atoms. The lowest BCUT2D eigenvalue weighted by Crippen LogP contribution is -2.47. The van der Waals surface area contributed by atoms with Crippen LogP contribution in [0.1, 0.15) is 50.6 Å². The molecule has 29 heavy (non-hydrogen) atoms. The predicted octanol–water partition coefficient (Wildman–Crippen LogP) is 2.78. The lowest BCUT2D eigenvalue weighted by Gasteiger charge is -2.38. The maximum Gasteiger partial charge on any atom is 0.261 e. The molecule has 3 aromatic rings. The summed E-state index contributed by atoms with van der Waals surface area (Å²) in [7, 11) is 0. The lowest BCUT2D eigenvalue weighted by molar-refractivity contribution is 0.164. The molecule has 152 valence electrons. The summed E-state index contributed by atoms with van der Waals surface area (Å²) in [4.78, 5) is 26.4. The summed E-state index contributed by atoms with van der Waals surface area (Å²) < 4.78 is 7.05. The Morgan fingerprint density at radius 2 is 1.90 bits per heavy atom. The Morgan fingerprint density at radius 3 is 2.62 bits per heavy atom. The summed E-state index contributed by atoms with van der Waals surface area (Å²) in [5, 5.41) is 4.43. The number of hydrogen-bond acceptors (Lipinski definition) is 7. The third-order valence-electron chi connectivity index (χ3n) is 6.45. The first-order chi connectivity index (χ1) is 14.2. The maximum absolute atomic E-state index is 12.9. The highest BCUT2D eigenvalue weighted by Gasteiger charge is 2.25. The molecule has 1 saturated heterocycles. The number of anilines is 1. The molecule has 1 atom stereocenters. The minimum Gasteiger partial charge on any atom is -0.369 e. The van der Waals surface area contributed by atoms with E-state index in [1.807, 2.05) is 16.7 Å². The van der Waals surface area contributed by atoms with Crippen molar-refractivity contribution < 1.29 is 4.52 Å². The molecule has 0 amide bonds. The number of aromatic nitrogens is 4. The Balaban J connectivity index is 1.32. The van der Waals surface area contributed by atoms with Gasteiger partial charge in [-0.1, -0.05) is 18.0 Å². The van der Waals surface area contributed by atoms with Crippen LogP contribution in [0.15, 0.2) is 40.2 Å². The van der Waals surface area contributed by atoms with Crippen LogP contribution in [0, 0.1) is 0 Å². The van der Waals surface area contributed by atoms with Gasteiger partial charge in [0.15, 0.2) is 6.33 Å². The molecule has 1 aromatic carbocycles. The van der Waals surface area contributed by atoms with Crippen molar-refractivity contribution in [2.45, 2.75) is 44.7 Å². The molecule has 1 saturated carbocycles. The molecule has 8 nitrogen and oxygen atoms in total. The number of piperazine rings is 1. The van der Waals surface area contributed by atoms with Crippen LogP contribution in [0.4, 0.5) is 5.69 Å². The Bertz CT molecular complexity index is 1030. The van der Waals surface area contributed by atoms with Crippen molar-refractivity contribution in [3.8, 4) is 0 Å². The SMILES string of the molecule is CC(c1ncno1)N1CCN(c2ccc3c(=O)n(C4CCCC4)cnc3c2)CC1. The van der Waals surface area contributed by atoms with E-state index in [-0.39, 0.29) is 11.6 Å². The normalized spacial score (nSPS) is 19.8. The minimum absolute atomic E-state index is 0.0895. The van der Waals surface area contributed by atoms with Gasteiger partial charge in [-0.3, -0.25) is 14.3 Å². The number of hydrogen-bond donors (Lipinski definition) is 0. The van der Waals surface area contributed by atoms with Gasteiger partial charge in [0.2, 0.25) is 5.89 Å². The van der Waals surface area contributed by atoms with E-state index in [0.717, 1.165) is 50.2 Å². The molecule has 3 heterocycles. The fraction of sp³-hybridized carbons (Fsp3) is 0.524. The predicted molar refractivity (Wildman–Crippen MR) is 110 cm³/mol. The first-order valence-corrected chi connectivity index (χ1v) is 10.5. The Morgan fingerprint density at radius 1 is 1.10 bits per heavy atom. The van der Waals surface area contributed by atoms with Crippen LogP contribution in [-0.4, -0.2) is 50.8 Å². The standard InChI is InChI=1S/C21H26N6O2/c1-15(20-22-13-24-29-20)25-8-10-26(11-9-25)17-6-7-18-19(12-17)23-14-27(21(18)28)16-4-2-3-5-16/h6-7,12-16H,2-5,8-11H2,1H3. The molecule has 1 aliphatic heterocycles. The van der Waals surface area contributed by atoms with Crippen LogP contribution in [0.25, 0.3) is 10.9 Å². The average Bonchev–Trinajstić information content (AvgIpc) is 3.48. The zero-order chi connectivity index (χ0) is 19.8. The second-order valence-corrected chi connectivity index (χ2v) is 8.08. The molecule has 0 radical (unpaired) electrons. The van der Waals surface area contributed by atoms with E-state index in [4.69, 9.17) is 4.52 Å². The van der Waals surface area contributed by atoms with Crippen molar-refractivity contribution in [3.63, 3.8) is 0 Å². The fourth-order valence-corrected chi connectivity index (χ4v) is 4.65. The third kappa shape index (κ3) is 3.42. The number of rotatable bonds is 4. The fourth-order valence-electron chi connectivity index (χ4n) is 4.65. The van der Waals surface area contributed by atoms with Crippen molar-refractivity contribution >= 4 is 16.6 Å². The Labute approximate surface area is 169 Å². The maximum atomic E-state index is 12.9. The minimum atomic E-state index is 0.0895. The van der Waals surface area contributed by atoms with Gasteiger partial charge in [-0.15, -0.1) is 0 Å². The van der Waals surface area contributed by atoms with Gasteiger partial charge >= 0.3 is 0 Å². The van der Waals surface area contributed by atoms with Crippen LogP contribution in [0.5, 0.6) is 0 Å². The lowest BCUT2D eigenvalue weighted by atomic mass is 10.1. The summed E-state index contributed by atoms with van der Waals surface area (Å²) >= 11 is 0. The van der Waals surface area contributed by atoms with Crippen molar-refractivity contribution in [2.24, 2.45) is 0 Å². The molecule has 5 rings (SSSR count). The molecule has 1 aliphatic carbocycles. The van der Waals surface area contributed by atoms with E-state index in [1.54, 1.807) is 6.33 Å². The molecule has 2 aromatic heterocycles. The third-order valence-corrected chi connectivity index (χ3v) is 6.45. The molecular weight excluding hydrogens is 368 g/mol. The largest absolute Gasteiger partial charge is 0.369 e. The molecule has 0 N–H and O–H groups in total. The first-order valence-electron chi connectivity index (χ1n) is 10.5. The van der Waals surface area contributed by atoms with E-state index in [1.165, 1.54) is 19.2 Å². The van der Waals surface area contributed by atoms with Gasteiger partial charge in [-0.05, 0) is 38.0 Å². The first kappa shape index (κ1) is 18.3. The van der Waals surface area contributed by atoms with Crippen molar-refractivity contribution in [2.75, 3.05) is 31.1 Å². The zero-order valence-electron chi connectivity index (χ0n) is 16.7. The van der Waals surface area contributed by atoms with Crippen molar-refractivity contribution in [1.29, 1.82) is 0 Å². The smallest absolute Gasteiger partial charge is 0.261 e. The van der Waals surface area contributed by atoms with Gasteiger partial charge in [0, 0.05) is 37.9 Å². The summed E-state index contributed by atoms with van der Waals surface area (Å²) in [6, 6.07) is 6.48. The van der Waals surface area contributed by atoms with Crippen LogP contribution in [0.2, 0.25) is 0 Å². The second kappa shape index (κ2) is 7.59. The highest BCUT2D eigenvalue weighted by Crippen LogP contribution is 2.29. The Kier molecular flexibility index (Phi) is 4.79. The van der Waals surface area contributed by atoms with Crippen LogP contribution in [0.3, 0.4) is 0 Å². The van der Waals surface area contributed by atoms with E-state index in [0.29, 0.717) is 17.3 Å². The van der Waals surface area contributed by atoms with Crippen molar-refractivity contribution in [1.82, 2.24) is 24.6 Å². The van der Waals surface area contributed by atoms with E-state index in [9.17, 15) is 4.79 Å². The highest BCUT2D eigenvalue weighted by atomic mass is 16.5. The number of nitrogens with zero attached hydrogens (tertiary/aromatic N) is 6. The second-order valence-electron chi connectivity index (χ2n) is 8.08. The van der Waals surface area contributed by atoms with Crippen molar-refractivity contribution in [3.05, 3.63) is 47.1 Å². The number of fused-ring (bicyclic) bond motifs is 1. The van der Waals surface area contributed by atoms with Gasteiger partial charge in [-0.25, -0.2) is 4.98 Å². The summed E-state index contributed by atoms with van der Waals surface area (Å²) in [5.41, 5.74) is 1.99. The van der Waals surface area contributed by atoms with Crippen LogP contribution < -0.4 is 10.5 Å². The zero-order valence-corrected chi connectivity index (χ0v) is 16.7. The molecule has 2 fully saturated rings. The quantitative estimate of drug-likeness (QED) is 0.673. The van der Waals surface area contributed by atoms with Gasteiger partial charge in [-0.2, -0.15) is 4.98 Å². The van der Waals surface area contributed by atoms with E-state index in [2.05, 4.69) is 37.9 Å². The summed E-state index contributed by atoms with van der Waals surface area (Å²) in [6.45, 7) is 5.74. The van der Waals surface area contributed by atoms with Crippen LogP contribution >= 0.6 is 0 Å². The molecule has 8 heteroatoms. The summed E-state index contributed by atoms with van der Waals surface area (Å²) in [5.74, 6) is 0.659. The van der Waals surface area contributed by atoms with Gasteiger partial charge in [0.05, 0.1) is 23.3 Å². The monoisotopic (exact) mass is 394 g/mol. The van der Waals surface area contributed by atoms with Gasteiger partial charge in [0.1, 0.15) is 0 Å². The molecular formula is C21H26N6O2. The highest BCUT2D eigenvalue weighted by molar-refractivity contribution is 5.81. The molecule has 0 bridgehead atoms.